The Morgan fingerprint density at radius 3 is 1.56 bits per heavy atom. The third-order valence-corrected chi connectivity index (χ3v) is 14.3. The Balaban J connectivity index is 0.000000196. The van der Waals surface area contributed by atoms with Gasteiger partial charge in [-0.05, 0) is 76.6 Å². The van der Waals surface area contributed by atoms with Crippen LogP contribution in [0.1, 0.15) is 24.8 Å². The molecule has 12 unspecified atom stereocenters. The number of carboxylic acids is 3. The van der Waals surface area contributed by atoms with Gasteiger partial charge in [0.15, 0.2) is 0 Å². The number of carboxylic acid groups (broad SMARTS) is 3. The zero-order valence-electron chi connectivity index (χ0n) is 40.2. The maximum absolute atomic E-state index is 11.7. The average molecular weight is 1280 g/mol. The molecule has 8 rings (SSSR count). The van der Waals surface area contributed by atoms with Crippen LogP contribution in [0.2, 0.25) is 5.02 Å². The van der Waals surface area contributed by atoms with E-state index in [1.807, 2.05) is 0 Å². The molecule has 434 valence electrons. The third-order valence-electron chi connectivity index (χ3n) is 11.5. The van der Waals surface area contributed by atoms with Crippen LogP contribution in [0.3, 0.4) is 0 Å². The number of hydrogen-bond acceptors (Lipinski definition) is 23. The molecular weight excluding hydrogens is 1240 g/mol. The molecule has 0 aliphatic heterocycles. The first kappa shape index (κ1) is 63.5. The van der Waals surface area contributed by atoms with Gasteiger partial charge >= 0.3 is 23.5 Å². The number of ether oxygens (including phenoxy) is 3. The number of aliphatic carboxylic acids is 3. The predicted octanol–water partition coefficient (Wildman–Crippen LogP) is 1.95. The number of aliphatic hydroxyl groups is 3. The second-order valence-corrected chi connectivity index (χ2v) is 21.8. The minimum absolute atomic E-state index is 0.0779. The lowest BCUT2D eigenvalue weighted by Gasteiger charge is -2.34. The van der Waals surface area contributed by atoms with E-state index >= 15 is 0 Å². The molecule has 0 saturated carbocycles. The number of benzene rings is 3. The van der Waals surface area contributed by atoms with Crippen LogP contribution in [0.15, 0.2) is 115 Å². The second-order valence-electron chi connectivity index (χ2n) is 17.1. The molecule has 2 heterocycles. The summed E-state index contributed by atoms with van der Waals surface area (Å²) in [5, 5.41) is 79.1. The summed E-state index contributed by atoms with van der Waals surface area (Å²) in [6.45, 7) is 0. The van der Waals surface area contributed by atoms with Crippen LogP contribution >= 0.6 is 51.0 Å². The van der Waals surface area contributed by atoms with Gasteiger partial charge in [-0.15, -0.1) is 0 Å². The fraction of sp³-hybridized carbons (Fsp3) is 0.267. The first-order chi connectivity index (χ1) is 37.7. The number of H-pyrrole nitrogens is 1. The van der Waals surface area contributed by atoms with Gasteiger partial charge in [0.05, 0.1) is 20.8 Å². The summed E-state index contributed by atoms with van der Waals surface area (Å²) in [7, 11) is -15.7. The van der Waals surface area contributed by atoms with E-state index < -0.39 is 107 Å². The van der Waals surface area contributed by atoms with Gasteiger partial charge < -0.3 is 97.2 Å². The van der Waals surface area contributed by atoms with Crippen LogP contribution in [0.4, 0.5) is 5.69 Å². The number of nitriles is 1. The number of aliphatic hydroxyl groups excluding tert-OH is 3. The Kier molecular flexibility index (Phi) is 20.4. The van der Waals surface area contributed by atoms with E-state index in [9.17, 15) is 83.2 Å². The Hall–Kier alpha value is -6.69. The second kappa shape index (κ2) is 26.0. The van der Waals surface area contributed by atoms with Crippen molar-refractivity contribution in [3.05, 3.63) is 137 Å². The van der Waals surface area contributed by atoms with Crippen molar-refractivity contribution in [2.45, 2.75) is 74.2 Å². The number of fused-ring (bicyclic) bond motifs is 2. The van der Waals surface area contributed by atoms with Crippen molar-refractivity contribution in [3.8, 4) is 23.3 Å². The lowest BCUT2D eigenvalue weighted by molar-refractivity contribution is -0.384. The van der Waals surface area contributed by atoms with Crippen molar-refractivity contribution in [1.82, 2.24) is 4.98 Å². The number of nitrogens with zero attached hydrogens (tertiary/aromatic N) is 2. The number of rotatable bonds is 16. The highest BCUT2D eigenvalue weighted by molar-refractivity contribution is 9.10. The molecule has 0 radical (unpaired) electrons. The number of aromatic amines is 1. The monoisotopic (exact) mass is 1280 g/mol. The summed E-state index contributed by atoms with van der Waals surface area (Å²) >= 11 is 9.56. The van der Waals surface area contributed by atoms with Crippen molar-refractivity contribution in [2.24, 2.45) is 0 Å². The predicted molar refractivity (Wildman–Crippen MR) is 268 cm³/mol. The number of phosphoric acid groups is 3. The van der Waals surface area contributed by atoms with Crippen LogP contribution in [0, 0.1) is 21.4 Å². The number of phosphoric ester groups is 3. The Bertz CT molecular complexity index is 3580. The number of carbonyl (C=O) groups is 3. The van der Waals surface area contributed by atoms with Gasteiger partial charge in [0.2, 0.25) is 0 Å². The summed E-state index contributed by atoms with van der Waals surface area (Å²) in [4.78, 5) is 118. The van der Waals surface area contributed by atoms with E-state index in [1.165, 1.54) is 42.6 Å². The molecule has 0 bridgehead atoms. The van der Waals surface area contributed by atoms with E-state index in [4.69, 9.17) is 55.3 Å². The highest BCUT2D eigenvalue weighted by atomic mass is 79.9. The van der Waals surface area contributed by atoms with Gasteiger partial charge in [0, 0.05) is 70.2 Å². The molecule has 0 spiro atoms. The molecule has 12 atom stereocenters. The standard InChI is InChI=1S/C17H14NO10P.C15H14BrClNO8P.C13H14NO10P/c18-7-10-3-8-1-2-11(6-12(8)27-17(10)22)26-13-4-9(16(20)21)5-14(15(13)19)28-29(23,24)25;16-7-1-2-8-12(13(7)17)11(5-18-8)25-9-3-6(15(20)21)4-10(14(9)19)26-27(22,23)24;15-12-10(23-9-3-1-8(2-4-9)14(18)19)5-7(13(16)17)6-11(12)24-25(20,21)22/h1-3,5-6,13-15,19H,4H2,(H,20,21)(H2,23,24,25);1-2,4-5,9-10,14,18-19H,3H2,(H,20,21)(H2,22,23,24);1-4,6,10-12,15H,5H2,(H,16,17)(H2,20,21,22)/p-3. The molecule has 81 heavy (non-hydrogen) atoms. The average Bonchev–Trinajstić information content (AvgIpc) is 3.95. The summed E-state index contributed by atoms with van der Waals surface area (Å²) in [5.74, 6) is -3.69. The SMILES string of the molecule is N#Cc1cc2ccc(OC3CC(C(=O)O)=CC(OP(=O)([O-])O)C3O)cc2oc1=O.O=C(O)C1=CC(OP(=O)([O-])O)C(O)C(Oc2c[nH]c3ccc(Br)c(Cl)c23)C1.O=C(O)C1=CC(OP(=O)([O-])O)C(O)C(Oc2ccc([N+](=O)[O-])cc2)C1. The number of aromatic nitrogens is 1. The van der Waals surface area contributed by atoms with E-state index in [1.54, 1.807) is 18.2 Å². The quantitative estimate of drug-likeness (QED) is 0.0292. The number of nitro benzene ring substituents is 1. The number of halogens is 2. The van der Waals surface area contributed by atoms with E-state index in [0.29, 0.717) is 25.8 Å². The Morgan fingerprint density at radius 1 is 0.704 bits per heavy atom. The first-order valence-electron chi connectivity index (χ1n) is 22.4. The molecule has 3 aliphatic rings. The van der Waals surface area contributed by atoms with Gasteiger partial charge in [0.1, 0.15) is 89.4 Å². The maximum Gasteiger partial charge on any atom is 0.354 e. The number of nitro groups is 1. The molecule has 0 fully saturated rings. The van der Waals surface area contributed by atoms with Crippen molar-refractivity contribution >= 4 is 96.5 Å². The fourth-order valence-electron chi connectivity index (χ4n) is 7.91. The molecule has 3 aliphatic carbocycles. The van der Waals surface area contributed by atoms with Crippen LogP contribution in [-0.4, -0.2) is 128 Å². The normalized spacial score (nSPS) is 24.7. The topological polar surface area (TPSA) is 522 Å². The molecule has 0 amide bonds. The summed E-state index contributed by atoms with van der Waals surface area (Å²) in [6.07, 6.45) is -10.0. The van der Waals surface area contributed by atoms with Gasteiger partial charge in [-0.1, -0.05) is 11.6 Å². The number of hydrogen-bond donors (Lipinski definition) is 10. The minimum Gasteiger partial charge on any atom is -0.756 e. The third kappa shape index (κ3) is 17.2. The van der Waals surface area contributed by atoms with E-state index in [2.05, 4.69) is 34.5 Å². The fourth-order valence-corrected chi connectivity index (χ4v) is 9.98. The van der Waals surface area contributed by atoms with Crippen molar-refractivity contribution in [3.63, 3.8) is 0 Å². The summed E-state index contributed by atoms with van der Waals surface area (Å²) in [6, 6.07) is 15.5. The van der Waals surface area contributed by atoms with E-state index in [0.717, 1.165) is 30.4 Å². The van der Waals surface area contributed by atoms with Crippen molar-refractivity contribution in [1.29, 1.82) is 5.26 Å². The van der Waals surface area contributed by atoms with Crippen molar-refractivity contribution in [2.75, 3.05) is 0 Å². The largest absolute Gasteiger partial charge is 0.756 e. The lowest BCUT2D eigenvalue weighted by Crippen LogP contribution is -2.45. The smallest absolute Gasteiger partial charge is 0.354 e. The lowest BCUT2D eigenvalue weighted by atomic mass is 9.92. The number of non-ortho nitro benzene ring substituents is 1. The van der Waals surface area contributed by atoms with Crippen LogP contribution < -0.4 is 34.5 Å². The minimum atomic E-state index is -5.26. The van der Waals surface area contributed by atoms with Crippen molar-refractivity contribution < 1.29 is 125 Å². The molecule has 3 aromatic carbocycles. The van der Waals surface area contributed by atoms with E-state index in [-0.39, 0.29) is 70.1 Å². The highest BCUT2D eigenvalue weighted by Gasteiger charge is 2.41. The number of nitrogens with one attached hydrogen (secondary N) is 1. The molecule has 0 saturated heterocycles. The maximum atomic E-state index is 11.7. The first-order valence-corrected chi connectivity index (χ1v) is 28.1. The summed E-state index contributed by atoms with van der Waals surface area (Å²) in [5.41, 5.74) is -1.31. The van der Waals surface area contributed by atoms with Crippen LogP contribution in [0.5, 0.6) is 17.2 Å². The molecule has 10 N–H and O–H groups in total. The van der Waals surface area contributed by atoms with Gasteiger partial charge in [-0.3, -0.25) is 23.8 Å². The highest BCUT2D eigenvalue weighted by Crippen LogP contribution is 2.42. The van der Waals surface area contributed by atoms with Gasteiger partial charge in [-0.2, -0.15) is 5.26 Å². The van der Waals surface area contributed by atoms with Gasteiger partial charge in [-0.25, -0.2) is 19.2 Å². The van der Waals surface area contributed by atoms with Crippen LogP contribution in [0.25, 0.3) is 21.9 Å². The Labute approximate surface area is 465 Å². The van der Waals surface area contributed by atoms with Gasteiger partial charge in [0.25, 0.3) is 29.2 Å². The molecule has 5 aromatic rings. The van der Waals surface area contributed by atoms with Crippen LogP contribution in [-0.2, 0) is 41.6 Å². The Morgan fingerprint density at radius 2 is 1.14 bits per heavy atom. The summed E-state index contributed by atoms with van der Waals surface area (Å²) < 4.78 is 68.2. The zero-order valence-corrected chi connectivity index (χ0v) is 45.2. The molecule has 31 nitrogen and oxygen atoms in total. The molecule has 36 heteroatoms. The zero-order chi connectivity index (χ0) is 60.1. The molecular formula is C45H39BrClN3O28P3-3. The molecule has 2 aromatic heterocycles.